The zero-order valence-electron chi connectivity index (χ0n) is 17.4. The fourth-order valence-electron chi connectivity index (χ4n) is 5.45. The minimum atomic E-state index is -4.62. The second-order valence-corrected chi connectivity index (χ2v) is 9.08. The van der Waals surface area contributed by atoms with Crippen molar-refractivity contribution in [3.63, 3.8) is 0 Å². The number of H-pyrrole nitrogens is 1. The first-order chi connectivity index (χ1) is 15.7. The third-order valence-corrected chi connectivity index (χ3v) is 7.30. The Morgan fingerprint density at radius 3 is 2.58 bits per heavy atom. The Bertz CT molecular complexity index is 1220. The van der Waals surface area contributed by atoms with Crippen LogP contribution >= 0.6 is 11.6 Å². The number of pyridine rings is 2. The number of alkyl halides is 3. The molecule has 0 aliphatic heterocycles. The molecule has 0 radical (unpaired) electrons. The van der Waals surface area contributed by atoms with Crippen LogP contribution in [0.1, 0.15) is 70.9 Å². The molecule has 3 aromatic heterocycles. The number of rotatable bonds is 4. The number of hydrogen-bond donors (Lipinski definition) is 2. The predicted molar refractivity (Wildman–Crippen MR) is 114 cm³/mol. The number of aromatic amines is 1. The van der Waals surface area contributed by atoms with Gasteiger partial charge < -0.3 is 5.11 Å². The summed E-state index contributed by atoms with van der Waals surface area (Å²) in [6.45, 7) is 0. The topological polar surface area (TPSA) is 91.8 Å². The van der Waals surface area contributed by atoms with Crippen LogP contribution in [0.3, 0.4) is 0 Å². The summed E-state index contributed by atoms with van der Waals surface area (Å²) in [5.74, 6) is -1.33. The summed E-state index contributed by atoms with van der Waals surface area (Å²) in [6, 6.07) is 4.46. The SMILES string of the molecule is O=C(O)c1ccc(-c2n[nH]c3c2C(C2(c4c(Cl)ccnc4C(F)(F)F)CCC2)CCC3)nc1. The molecule has 1 unspecified atom stereocenters. The fraction of sp³-hybridized carbons (Fsp3) is 0.391. The van der Waals surface area contributed by atoms with Gasteiger partial charge in [0.2, 0.25) is 0 Å². The standard InChI is InChI=1S/C23H20ClF3N4O2/c24-14-7-10-28-20(23(25,26)27)18(14)22(8-2-9-22)13-3-1-4-15-17(13)19(31-30-15)16-6-5-12(11-29-16)21(32)33/h5-7,10-11,13H,1-4,8-9H2,(H,30,31)(H,32,33). The van der Waals surface area contributed by atoms with Crippen molar-refractivity contribution in [2.24, 2.45) is 0 Å². The summed E-state index contributed by atoms with van der Waals surface area (Å²) >= 11 is 6.43. The van der Waals surface area contributed by atoms with Crippen molar-refractivity contribution in [3.8, 4) is 11.4 Å². The molecule has 0 spiro atoms. The zero-order chi connectivity index (χ0) is 23.4. The van der Waals surface area contributed by atoms with Crippen molar-refractivity contribution in [1.29, 1.82) is 0 Å². The molecule has 2 aliphatic rings. The van der Waals surface area contributed by atoms with Crippen molar-refractivity contribution in [1.82, 2.24) is 20.2 Å². The molecule has 2 N–H and O–H groups in total. The summed E-state index contributed by atoms with van der Waals surface area (Å²) in [7, 11) is 0. The van der Waals surface area contributed by atoms with Crippen LogP contribution in [0.25, 0.3) is 11.4 Å². The average molecular weight is 477 g/mol. The number of aromatic nitrogens is 4. The lowest BCUT2D eigenvalue weighted by Crippen LogP contribution is -2.44. The minimum absolute atomic E-state index is 0.0483. The van der Waals surface area contributed by atoms with Crippen molar-refractivity contribution in [2.75, 3.05) is 0 Å². The van der Waals surface area contributed by atoms with E-state index in [4.69, 9.17) is 16.7 Å². The van der Waals surface area contributed by atoms with E-state index in [1.807, 2.05) is 0 Å². The lowest BCUT2D eigenvalue weighted by atomic mass is 9.53. The molecule has 33 heavy (non-hydrogen) atoms. The third kappa shape index (κ3) is 3.49. The van der Waals surface area contributed by atoms with E-state index in [-0.39, 0.29) is 22.1 Å². The summed E-state index contributed by atoms with van der Waals surface area (Å²) < 4.78 is 41.9. The number of nitrogens with zero attached hydrogens (tertiary/aromatic N) is 3. The Hall–Kier alpha value is -2.94. The first kappa shape index (κ1) is 21.9. The second kappa shape index (κ2) is 7.83. The normalized spacial score (nSPS) is 19.6. The van der Waals surface area contributed by atoms with Gasteiger partial charge in [0.25, 0.3) is 0 Å². The predicted octanol–water partition coefficient (Wildman–Crippen LogP) is 5.78. The smallest absolute Gasteiger partial charge is 0.433 e. The molecule has 0 saturated heterocycles. The molecule has 10 heteroatoms. The molecule has 0 bridgehead atoms. The Balaban J connectivity index is 1.66. The number of carboxylic acid groups (broad SMARTS) is 1. The largest absolute Gasteiger partial charge is 0.478 e. The van der Waals surface area contributed by atoms with Gasteiger partial charge in [-0.1, -0.05) is 18.0 Å². The maximum Gasteiger partial charge on any atom is 0.433 e. The quantitative estimate of drug-likeness (QED) is 0.498. The van der Waals surface area contributed by atoms with E-state index in [9.17, 15) is 18.0 Å². The maximum absolute atomic E-state index is 14.0. The number of hydrogen-bond acceptors (Lipinski definition) is 4. The van der Waals surface area contributed by atoms with Gasteiger partial charge in [-0.2, -0.15) is 18.3 Å². The highest BCUT2D eigenvalue weighted by Gasteiger charge is 2.53. The van der Waals surface area contributed by atoms with Crippen molar-refractivity contribution in [2.45, 2.75) is 56.0 Å². The molecule has 2 aliphatic carbocycles. The van der Waals surface area contributed by atoms with Gasteiger partial charge in [-0.05, 0) is 56.2 Å². The van der Waals surface area contributed by atoms with Crippen LogP contribution in [0, 0.1) is 0 Å². The van der Waals surface area contributed by atoms with E-state index >= 15 is 0 Å². The number of carbonyl (C=O) groups is 1. The Morgan fingerprint density at radius 1 is 1.18 bits per heavy atom. The van der Waals surface area contributed by atoms with Gasteiger partial charge in [0, 0.05) is 39.7 Å². The Kier molecular flexibility index (Phi) is 5.19. The summed E-state index contributed by atoms with van der Waals surface area (Å²) in [4.78, 5) is 19.2. The molecule has 0 amide bonds. The van der Waals surface area contributed by atoms with E-state index in [0.717, 1.165) is 36.7 Å². The molecular formula is C23H20ClF3N4O2. The number of nitrogens with one attached hydrogen (secondary N) is 1. The summed E-state index contributed by atoms with van der Waals surface area (Å²) in [6.07, 6.45) is 1.92. The van der Waals surface area contributed by atoms with Crippen LogP contribution in [-0.2, 0) is 18.0 Å². The van der Waals surface area contributed by atoms with Crippen molar-refractivity contribution in [3.05, 3.63) is 63.7 Å². The molecule has 1 fully saturated rings. The van der Waals surface area contributed by atoms with Crippen LogP contribution in [0.15, 0.2) is 30.6 Å². The summed E-state index contributed by atoms with van der Waals surface area (Å²) in [5.41, 5.74) is 1.16. The average Bonchev–Trinajstić information content (AvgIpc) is 3.18. The van der Waals surface area contributed by atoms with Crippen LogP contribution in [0.5, 0.6) is 0 Å². The molecule has 5 rings (SSSR count). The maximum atomic E-state index is 14.0. The van der Waals surface area contributed by atoms with Crippen molar-refractivity contribution < 1.29 is 23.1 Å². The summed E-state index contributed by atoms with van der Waals surface area (Å²) in [5, 5.41) is 16.7. The van der Waals surface area contributed by atoms with E-state index < -0.39 is 23.3 Å². The monoisotopic (exact) mass is 476 g/mol. The van der Waals surface area contributed by atoms with Gasteiger partial charge in [0.1, 0.15) is 11.4 Å². The second-order valence-electron chi connectivity index (χ2n) is 8.67. The van der Waals surface area contributed by atoms with Crippen molar-refractivity contribution >= 4 is 17.6 Å². The molecule has 6 nitrogen and oxygen atoms in total. The van der Waals surface area contributed by atoms with Gasteiger partial charge in [0.05, 0.1) is 11.3 Å². The first-order valence-corrected chi connectivity index (χ1v) is 11.1. The highest BCUT2D eigenvalue weighted by Crippen LogP contribution is 2.60. The van der Waals surface area contributed by atoms with E-state index in [1.165, 1.54) is 18.3 Å². The van der Waals surface area contributed by atoms with Crippen LogP contribution in [-0.4, -0.2) is 31.2 Å². The number of fused-ring (bicyclic) bond motifs is 1. The highest BCUT2D eigenvalue weighted by atomic mass is 35.5. The van der Waals surface area contributed by atoms with E-state index in [1.54, 1.807) is 6.07 Å². The third-order valence-electron chi connectivity index (χ3n) is 6.98. The fourth-order valence-corrected chi connectivity index (χ4v) is 5.78. The van der Waals surface area contributed by atoms with Crippen LogP contribution in [0.4, 0.5) is 13.2 Å². The molecule has 172 valence electrons. The number of carboxylic acids is 1. The van der Waals surface area contributed by atoms with Crippen LogP contribution in [0.2, 0.25) is 5.02 Å². The Morgan fingerprint density at radius 2 is 1.97 bits per heavy atom. The number of aromatic carboxylic acids is 1. The Labute approximate surface area is 192 Å². The minimum Gasteiger partial charge on any atom is -0.478 e. The molecule has 3 heterocycles. The van der Waals surface area contributed by atoms with Crippen LogP contribution < -0.4 is 0 Å². The van der Waals surface area contributed by atoms with Gasteiger partial charge in [-0.3, -0.25) is 15.1 Å². The molecule has 3 aromatic rings. The molecule has 1 atom stereocenters. The van der Waals surface area contributed by atoms with Gasteiger partial charge in [0.15, 0.2) is 0 Å². The van der Waals surface area contributed by atoms with E-state index in [0.29, 0.717) is 30.7 Å². The number of aryl methyl sites for hydroxylation is 1. The first-order valence-electron chi connectivity index (χ1n) is 10.7. The molecule has 0 aromatic carbocycles. The zero-order valence-corrected chi connectivity index (χ0v) is 18.2. The van der Waals surface area contributed by atoms with Gasteiger partial charge >= 0.3 is 12.1 Å². The highest BCUT2D eigenvalue weighted by molar-refractivity contribution is 6.31. The van der Waals surface area contributed by atoms with E-state index in [2.05, 4.69) is 20.2 Å². The van der Waals surface area contributed by atoms with Gasteiger partial charge in [-0.25, -0.2) is 4.79 Å². The molecule has 1 saturated carbocycles. The number of halogens is 4. The molecular weight excluding hydrogens is 457 g/mol. The lowest BCUT2D eigenvalue weighted by Gasteiger charge is -2.50. The van der Waals surface area contributed by atoms with Gasteiger partial charge in [-0.15, -0.1) is 0 Å². The lowest BCUT2D eigenvalue weighted by molar-refractivity contribution is -0.143.